The first-order chi connectivity index (χ1) is 11.5. The zero-order valence-corrected chi connectivity index (χ0v) is 15.2. The van der Waals surface area contributed by atoms with Crippen LogP contribution in [0.4, 0.5) is 0 Å². The summed E-state index contributed by atoms with van der Waals surface area (Å²) in [5, 5.41) is 0.466. The minimum Gasteiger partial charge on any atom is -0.337 e. The monoisotopic (exact) mass is 403 g/mol. The smallest absolute Gasteiger partial charge is 0.259 e. The molecule has 0 saturated heterocycles. The molecule has 1 aromatic heterocycles. The van der Waals surface area contributed by atoms with E-state index < -0.39 is 0 Å². The first-order valence-electron chi connectivity index (χ1n) is 7.21. The van der Waals surface area contributed by atoms with Gasteiger partial charge in [-0.15, -0.1) is 0 Å². The summed E-state index contributed by atoms with van der Waals surface area (Å²) in [6.07, 6.45) is 0. The Bertz CT molecular complexity index is 1040. The molecule has 1 amide bonds. The molecule has 0 fully saturated rings. The summed E-state index contributed by atoms with van der Waals surface area (Å²) in [7, 11) is 1.74. The van der Waals surface area contributed by atoms with Crippen molar-refractivity contribution >= 4 is 45.0 Å². The SMILES string of the molecule is CN(Cc1ccccc1Br)C(=O)c1ccc2c(=O)[nH]c(=S)[nH]c2c1. The Labute approximate surface area is 151 Å². The van der Waals surface area contributed by atoms with Crippen molar-refractivity contribution in [3.8, 4) is 0 Å². The van der Waals surface area contributed by atoms with Gasteiger partial charge in [0.05, 0.1) is 10.9 Å². The Kier molecular flexibility index (Phi) is 4.64. The Morgan fingerprint density at radius 1 is 1.21 bits per heavy atom. The van der Waals surface area contributed by atoms with Gasteiger partial charge in [0.1, 0.15) is 0 Å². The number of carbonyl (C=O) groups excluding carboxylic acids is 1. The topological polar surface area (TPSA) is 69.0 Å². The Morgan fingerprint density at radius 2 is 1.96 bits per heavy atom. The molecule has 5 nitrogen and oxygen atoms in total. The van der Waals surface area contributed by atoms with Gasteiger partial charge in [-0.05, 0) is 42.0 Å². The highest BCUT2D eigenvalue weighted by Crippen LogP contribution is 2.19. The predicted octanol–water partition coefficient (Wildman–Crippen LogP) is 3.62. The summed E-state index contributed by atoms with van der Waals surface area (Å²) in [6.45, 7) is 0.476. The molecule has 24 heavy (non-hydrogen) atoms. The van der Waals surface area contributed by atoms with Crippen LogP contribution in [0.3, 0.4) is 0 Å². The first-order valence-corrected chi connectivity index (χ1v) is 8.41. The van der Waals surface area contributed by atoms with E-state index in [4.69, 9.17) is 12.2 Å². The van der Waals surface area contributed by atoms with E-state index in [1.165, 1.54) is 0 Å². The second-order valence-corrected chi connectivity index (χ2v) is 6.68. The van der Waals surface area contributed by atoms with Crippen molar-refractivity contribution in [2.45, 2.75) is 6.54 Å². The molecule has 0 radical (unpaired) electrons. The third kappa shape index (κ3) is 3.32. The third-order valence-corrected chi connectivity index (χ3v) is 4.68. The number of fused-ring (bicyclic) bond motifs is 1. The van der Waals surface area contributed by atoms with Gasteiger partial charge in [-0.1, -0.05) is 34.1 Å². The molecule has 2 aromatic carbocycles. The molecular formula is C17H14BrN3O2S. The molecule has 2 N–H and O–H groups in total. The average molecular weight is 404 g/mol. The van der Waals surface area contributed by atoms with Gasteiger partial charge in [-0.2, -0.15) is 0 Å². The Hall–Kier alpha value is -2.25. The van der Waals surface area contributed by atoms with E-state index in [1.807, 2.05) is 24.3 Å². The van der Waals surface area contributed by atoms with Crippen molar-refractivity contribution in [2.75, 3.05) is 7.05 Å². The molecule has 0 saturated carbocycles. The lowest BCUT2D eigenvalue weighted by atomic mass is 10.1. The standard InChI is InChI=1S/C17H14BrN3O2S/c1-21(9-11-4-2-3-5-13(11)18)16(23)10-6-7-12-14(8-10)19-17(24)20-15(12)22/h2-8H,9H2,1H3,(H2,19,20,22,24). The van der Waals surface area contributed by atoms with E-state index >= 15 is 0 Å². The number of nitrogens with one attached hydrogen (secondary N) is 2. The highest BCUT2D eigenvalue weighted by Gasteiger charge is 2.14. The van der Waals surface area contributed by atoms with E-state index in [-0.39, 0.29) is 16.2 Å². The third-order valence-electron chi connectivity index (χ3n) is 3.70. The van der Waals surface area contributed by atoms with Gasteiger partial charge in [0.15, 0.2) is 4.77 Å². The number of rotatable bonds is 3. The number of hydrogen-bond donors (Lipinski definition) is 2. The molecule has 1 heterocycles. The summed E-state index contributed by atoms with van der Waals surface area (Å²) < 4.78 is 1.19. The van der Waals surface area contributed by atoms with Crippen LogP contribution in [0.1, 0.15) is 15.9 Å². The summed E-state index contributed by atoms with van der Waals surface area (Å²) in [5.41, 5.74) is 1.79. The Morgan fingerprint density at radius 3 is 2.71 bits per heavy atom. The van der Waals surface area contributed by atoms with Gasteiger partial charge >= 0.3 is 0 Å². The molecular weight excluding hydrogens is 390 g/mol. The average Bonchev–Trinajstić information content (AvgIpc) is 2.55. The number of carbonyl (C=O) groups is 1. The predicted molar refractivity (Wildman–Crippen MR) is 99.7 cm³/mol. The first kappa shape index (κ1) is 16.6. The van der Waals surface area contributed by atoms with Crippen molar-refractivity contribution in [3.63, 3.8) is 0 Å². The largest absolute Gasteiger partial charge is 0.337 e. The number of hydrogen-bond acceptors (Lipinski definition) is 3. The maximum atomic E-state index is 12.7. The molecule has 122 valence electrons. The van der Waals surface area contributed by atoms with Gasteiger partial charge in [0.25, 0.3) is 11.5 Å². The fourth-order valence-corrected chi connectivity index (χ4v) is 3.09. The highest BCUT2D eigenvalue weighted by atomic mass is 79.9. The van der Waals surface area contributed by atoms with E-state index in [0.29, 0.717) is 23.0 Å². The summed E-state index contributed by atoms with van der Waals surface area (Å²) in [4.78, 5) is 31.6. The van der Waals surface area contributed by atoms with Crippen LogP contribution in [0.15, 0.2) is 51.7 Å². The van der Waals surface area contributed by atoms with Crippen LogP contribution in [0, 0.1) is 4.77 Å². The van der Waals surface area contributed by atoms with Crippen molar-refractivity contribution in [3.05, 3.63) is 73.2 Å². The molecule has 7 heteroatoms. The minimum absolute atomic E-state index is 0.132. The number of amides is 1. The van der Waals surface area contributed by atoms with Gasteiger partial charge in [0.2, 0.25) is 0 Å². The molecule has 3 aromatic rings. The van der Waals surface area contributed by atoms with Gasteiger partial charge in [0, 0.05) is 23.6 Å². The van der Waals surface area contributed by atoms with Crippen molar-refractivity contribution < 1.29 is 4.79 Å². The lowest BCUT2D eigenvalue weighted by molar-refractivity contribution is 0.0785. The number of aromatic amines is 2. The van der Waals surface area contributed by atoms with Crippen LogP contribution >= 0.6 is 28.1 Å². The van der Waals surface area contributed by atoms with Crippen LogP contribution in [0.2, 0.25) is 0 Å². The second kappa shape index (κ2) is 6.70. The Balaban J connectivity index is 1.92. The summed E-state index contributed by atoms with van der Waals surface area (Å²) >= 11 is 8.46. The van der Waals surface area contributed by atoms with Gasteiger partial charge < -0.3 is 9.88 Å². The highest BCUT2D eigenvalue weighted by molar-refractivity contribution is 9.10. The fraction of sp³-hybridized carbons (Fsp3) is 0.118. The van der Waals surface area contributed by atoms with Crippen LogP contribution in [0.5, 0.6) is 0 Å². The minimum atomic E-state index is -0.269. The van der Waals surface area contributed by atoms with Crippen LogP contribution < -0.4 is 5.56 Å². The zero-order chi connectivity index (χ0) is 17.3. The van der Waals surface area contributed by atoms with Crippen LogP contribution in [-0.4, -0.2) is 27.8 Å². The lowest BCUT2D eigenvalue weighted by Crippen LogP contribution is -2.26. The number of H-pyrrole nitrogens is 2. The molecule has 3 rings (SSSR count). The quantitative estimate of drug-likeness (QED) is 0.656. The van der Waals surface area contributed by atoms with E-state index in [2.05, 4.69) is 25.9 Å². The molecule has 0 bridgehead atoms. The maximum absolute atomic E-state index is 12.7. The molecule has 0 unspecified atom stereocenters. The van der Waals surface area contributed by atoms with E-state index in [9.17, 15) is 9.59 Å². The number of halogens is 1. The van der Waals surface area contributed by atoms with Crippen molar-refractivity contribution in [2.24, 2.45) is 0 Å². The maximum Gasteiger partial charge on any atom is 0.259 e. The fourth-order valence-electron chi connectivity index (χ4n) is 2.48. The van der Waals surface area contributed by atoms with Gasteiger partial charge in [-0.25, -0.2) is 0 Å². The lowest BCUT2D eigenvalue weighted by Gasteiger charge is -2.18. The molecule has 0 spiro atoms. The molecule has 0 aliphatic heterocycles. The van der Waals surface area contributed by atoms with Crippen LogP contribution in [-0.2, 0) is 6.54 Å². The number of aromatic nitrogens is 2. The number of benzene rings is 2. The summed E-state index contributed by atoms with van der Waals surface area (Å²) in [5.74, 6) is -0.132. The molecule has 0 aliphatic carbocycles. The van der Waals surface area contributed by atoms with Crippen molar-refractivity contribution in [1.29, 1.82) is 0 Å². The zero-order valence-electron chi connectivity index (χ0n) is 12.8. The number of nitrogens with zero attached hydrogens (tertiary/aromatic N) is 1. The van der Waals surface area contributed by atoms with Gasteiger partial charge in [-0.3, -0.25) is 14.6 Å². The van der Waals surface area contributed by atoms with Crippen molar-refractivity contribution in [1.82, 2.24) is 14.9 Å². The molecule has 0 atom stereocenters. The summed E-state index contributed by atoms with van der Waals surface area (Å²) in [6, 6.07) is 12.7. The van der Waals surface area contributed by atoms with Crippen LogP contribution in [0.25, 0.3) is 10.9 Å². The van der Waals surface area contributed by atoms with E-state index in [0.717, 1.165) is 10.0 Å². The van der Waals surface area contributed by atoms with E-state index in [1.54, 1.807) is 30.1 Å². The molecule has 0 aliphatic rings. The normalized spacial score (nSPS) is 10.8. The second-order valence-electron chi connectivity index (χ2n) is 5.42.